The van der Waals surface area contributed by atoms with E-state index >= 15 is 0 Å². The number of esters is 1. The SMILES string of the molecule is CCCCC/C=C\C/C=C\CCCCCCCCCCCC(=O)OC(/C=C/CCCCCCCCCCC)C(COP(=O)(O)OCC[N+](C)(C)C)NC(=O)CCCCCCCCCCCCC/C=C/CCCCCCCC. The van der Waals surface area contributed by atoms with Crippen molar-refractivity contribution in [3.8, 4) is 0 Å². The fourth-order valence-electron chi connectivity index (χ4n) is 9.61. The second kappa shape index (κ2) is 57.2. The molecule has 0 bridgehead atoms. The van der Waals surface area contributed by atoms with Gasteiger partial charge in [0.1, 0.15) is 19.3 Å². The van der Waals surface area contributed by atoms with Gasteiger partial charge in [-0.05, 0) is 89.5 Å². The summed E-state index contributed by atoms with van der Waals surface area (Å²) in [5, 5.41) is 3.06. The molecule has 0 spiro atoms. The maximum absolute atomic E-state index is 13.6. The smallest absolute Gasteiger partial charge is 0.456 e. The second-order valence-electron chi connectivity index (χ2n) is 23.6. The van der Waals surface area contributed by atoms with Crippen LogP contribution in [-0.4, -0.2) is 74.3 Å². The number of rotatable bonds is 60. The van der Waals surface area contributed by atoms with Gasteiger partial charge in [0.2, 0.25) is 5.91 Å². The molecule has 0 fully saturated rings. The molecule has 0 rings (SSSR count). The van der Waals surface area contributed by atoms with E-state index in [0.717, 1.165) is 64.2 Å². The van der Waals surface area contributed by atoms with E-state index in [9.17, 15) is 19.0 Å². The van der Waals surface area contributed by atoms with E-state index in [1.54, 1.807) is 0 Å². The van der Waals surface area contributed by atoms with Crippen LogP contribution in [0.5, 0.6) is 0 Å². The van der Waals surface area contributed by atoms with Gasteiger partial charge in [-0.1, -0.05) is 262 Å². The molecule has 9 nitrogen and oxygen atoms in total. The van der Waals surface area contributed by atoms with E-state index in [4.69, 9.17) is 13.8 Å². The zero-order chi connectivity index (χ0) is 56.4. The number of quaternary nitrogens is 1. The van der Waals surface area contributed by atoms with Crippen molar-refractivity contribution < 1.29 is 37.3 Å². The number of allylic oxidation sites excluding steroid dienone is 7. The zero-order valence-electron chi connectivity index (χ0n) is 51.7. The second-order valence-corrected chi connectivity index (χ2v) is 25.1. The quantitative estimate of drug-likeness (QED) is 0.0205. The summed E-state index contributed by atoms with van der Waals surface area (Å²) in [6.45, 7) is 7.01. The van der Waals surface area contributed by atoms with Crippen LogP contribution in [0.15, 0.2) is 48.6 Å². The number of phosphoric ester groups is 1. The normalized spacial score (nSPS) is 13.9. The summed E-state index contributed by atoms with van der Waals surface area (Å²) in [7, 11) is 1.50. The number of nitrogens with one attached hydrogen (secondary N) is 1. The molecule has 2 N–H and O–H groups in total. The van der Waals surface area contributed by atoms with Crippen molar-refractivity contribution in [3.05, 3.63) is 48.6 Å². The van der Waals surface area contributed by atoms with E-state index in [1.807, 2.05) is 33.3 Å². The highest BCUT2D eigenvalue weighted by Crippen LogP contribution is 2.43. The summed E-state index contributed by atoms with van der Waals surface area (Å²) in [5.41, 5.74) is 0. The Kier molecular flexibility index (Phi) is 55.7. The first kappa shape index (κ1) is 75.0. The first-order valence-electron chi connectivity index (χ1n) is 33.0. The average molecular weight is 1100 g/mol. The fourth-order valence-corrected chi connectivity index (χ4v) is 10.3. The fraction of sp³-hybridized carbons (Fsp3) is 0.851. The van der Waals surface area contributed by atoms with E-state index in [-0.39, 0.29) is 31.5 Å². The largest absolute Gasteiger partial charge is 0.472 e. The van der Waals surface area contributed by atoms with Crippen molar-refractivity contribution in [1.82, 2.24) is 5.32 Å². The number of ether oxygens (including phenoxy) is 1. The number of carbonyl (C=O) groups is 2. The molecule has 0 saturated heterocycles. The molecule has 1 amide bonds. The van der Waals surface area contributed by atoms with Gasteiger partial charge in [0.25, 0.3) is 0 Å². The molecule has 0 heterocycles. The third-order valence-corrected chi connectivity index (χ3v) is 15.7. The minimum atomic E-state index is -4.45. The van der Waals surface area contributed by atoms with Gasteiger partial charge < -0.3 is 19.4 Å². The summed E-state index contributed by atoms with van der Waals surface area (Å²) in [6.07, 6.45) is 71.1. The summed E-state index contributed by atoms with van der Waals surface area (Å²) in [6, 6.07) is -0.849. The lowest BCUT2D eigenvalue weighted by Gasteiger charge is -2.27. The van der Waals surface area contributed by atoms with Crippen LogP contribution in [0, 0.1) is 0 Å². The highest BCUT2D eigenvalue weighted by Gasteiger charge is 2.30. The lowest BCUT2D eigenvalue weighted by molar-refractivity contribution is -0.870. The van der Waals surface area contributed by atoms with Crippen LogP contribution in [-0.2, 0) is 27.9 Å². The third kappa shape index (κ3) is 58.4. The van der Waals surface area contributed by atoms with E-state index in [1.165, 1.54) is 218 Å². The number of amides is 1. The van der Waals surface area contributed by atoms with Gasteiger partial charge >= 0.3 is 13.8 Å². The van der Waals surface area contributed by atoms with E-state index < -0.39 is 20.0 Å². The first-order chi connectivity index (χ1) is 37.4. The van der Waals surface area contributed by atoms with Gasteiger partial charge in [-0.15, -0.1) is 0 Å². The summed E-state index contributed by atoms with van der Waals surface area (Å²) in [4.78, 5) is 37.8. The number of nitrogens with zero attached hydrogens (tertiary/aromatic N) is 1. The Morgan fingerprint density at radius 1 is 0.455 bits per heavy atom. The Morgan fingerprint density at radius 3 is 1.21 bits per heavy atom. The van der Waals surface area contributed by atoms with Crippen molar-refractivity contribution in [1.29, 1.82) is 0 Å². The van der Waals surface area contributed by atoms with Crippen molar-refractivity contribution in [2.75, 3.05) is 40.9 Å². The number of phosphoric acid groups is 1. The Balaban J connectivity index is 5.13. The maximum atomic E-state index is 13.6. The Morgan fingerprint density at radius 2 is 0.792 bits per heavy atom. The van der Waals surface area contributed by atoms with Gasteiger partial charge in [-0.25, -0.2) is 4.57 Å². The van der Waals surface area contributed by atoms with Gasteiger partial charge in [-0.3, -0.25) is 18.6 Å². The minimum absolute atomic E-state index is 0.0401. The van der Waals surface area contributed by atoms with Gasteiger partial charge in [0.15, 0.2) is 0 Å². The van der Waals surface area contributed by atoms with Crippen LogP contribution in [0.2, 0.25) is 0 Å². The molecule has 0 aromatic heterocycles. The molecule has 77 heavy (non-hydrogen) atoms. The summed E-state index contributed by atoms with van der Waals surface area (Å²) < 4.78 is 30.7. The molecule has 0 aliphatic carbocycles. The molecule has 0 aliphatic rings. The third-order valence-electron chi connectivity index (χ3n) is 14.7. The van der Waals surface area contributed by atoms with Crippen LogP contribution in [0.3, 0.4) is 0 Å². The Hall–Kier alpha value is -2.03. The highest BCUT2D eigenvalue weighted by atomic mass is 31.2. The zero-order valence-corrected chi connectivity index (χ0v) is 52.6. The number of unbranched alkanes of at least 4 members (excludes halogenated alkanes) is 38. The lowest BCUT2D eigenvalue weighted by Crippen LogP contribution is -2.47. The lowest BCUT2D eigenvalue weighted by atomic mass is 10.0. The van der Waals surface area contributed by atoms with Crippen LogP contribution < -0.4 is 5.32 Å². The molecular weight excluding hydrogens is 976 g/mol. The van der Waals surface area contributed by atoms with Gasteiger partial charge in [0, 0.05) is 12.8 Å². The Labute approximate surface area is 478 Å². The average Bonchev–Trinajstić information content (AvgIpc) is 3.39. The number of hydrogen-bond donors (Lipinski definition) is 2. The maximum Gasteiger partial charge on any atom is 0.472 e. The highest BCUT2D eigenvalue weighted by molar-refractivity contribution is 7.47. The van der Waals surface area contributed by atoms with Crippen molar-refractivity contribution in [2.24, 2.45) is 0 Å². The number of likely N-dealkylation sites (N-methyl/N-ethyl adjacent to an activating group) is 1. The van der Waals surface area contributed by atoms with Crippen molar-refractivity contribution >= 4 is 19.7 Å². The molecule has 3 unspecified atom stereocenters. The molecule has 3 atom stereocenters. The molecular formula is C67H128N2O7P+. The molecule has 0 aromatic carbocycles. The standard InChI is InChI=1S/C67H127N2O7P/c1-7-10-13-16-19-22-25-27-29-31-33-34-36-37-39-41-44-47-50-53-56-59-66(70)68-64(63-75-77(72,73)74-62-61-69(4,5)6)65(58-55-52-49-46-43-24-21-18-15-12-9-3)76-67(71)60-57-54-51-48-45-42-40-38-35-32-30-28-26-23-20-17-14-11-8-2/h20,23,27-30,55,58,64-65H,7-19,21-22,24-26,31-54,56-57,59-63H2,1-6H3,(H-,68,70,72,73)/p+1/b23-20-,29-27+,30-28-,58-55+. The predicted molar refractivity (Wildman–Crippen MR) is 332 cm³/mol. The first-order valence-corrected chi connectivity index (χ1v) is 34.5. The molecule has 452 valence electrons. The van der Waals surface area contributed by atoms with E-state index in [2.05, 4.69) is 62.5 Å². The van der Waals surface area contributed by atoms with E-state index in [0.29, 0.717) is 17.4 Å². The minimum Gasteiger partial charge on any atom is -0.456 e. The number of carbonyl (C=O) groups excluding carboxylic acids is 2. The molecule has 0 radical (unpaired) electrons. The predicted octanol–water partition coefficient (Wildman–Crippen LogP) is 20.5. The van der Waals surface area contributed by atoms with Crippen LogP contribution in [0.4, 0.5) is 0 Å². The van der Waals surface area contributed by atoms with Crippen LogP contribution in [0.1, 0.15) is 316 Å². The molecule has 0 aliphatic heterocycles. The molecule has 0 aromatic rings. The summed E-state index contributed by atoms with van der Waals surface area (Å²) in [5.74, 6) is -0.500. The van der Waals surface area contributed by atoms with Crippen LogP contribution in [0.25, 0.3) is 0 Å². The summed E-state index contributed by atoms with van der Waals surface area (Å²) >= 11 is 0. The monoisotopic (exact) mass is 1100 g/mol. The van der Waals surface area contributed by atoms with Gasteiger partial charge in [0.05, 0.1) is 33.8 Å². The van der Waals surface area contributed by atoms with Crippen LogP contribution >= 0.6 is 7.82 Å². The molecule has 10 heteroatoms. The van der Waals surface area contributed by atoms with Crippen molar-refractivity contribution in [3.63, 3.8) is 0 Å². The topological polar surface area (TPSA) is 111 Å². The van der Waals surface area contributed by atoms with Crippen molar-refractivity contribution in [2.45, 2.75) is 328 Å². The Bertz CT molecular complexity index is 1460. The number of hydrogen-bond acceptors (Lipinski definition) is 6. The van der Waals surface area contributed by atoms with Gasteiger partial charge in [-0.2, -0.15) is 0 Å². The molecule has 0 saturated carbocycles.